The summed E-state index contributed by atoms with van der Waals surface area (Å²) in [5.41, 5.74) is 1.49. The Hall–Kier alpha value is -2.50. The van der Waals surface area contributed by atoms with Crippen molar-refractivity contribution in [2.75, 3.05) is 5.32 Å². The van der Waals surface area contributed by atoms with Gasteiger partial charge in [0.15, 0.2) is 0 Å². The van der Waals surface area contributed by atoms with E-state index in [9.17, 15) is 18.9 Å². The lowest BCUT2D eigenvalue weighted by Crippen LogP contribution is -2.03. The second-order valence-electron chi connectivity index (χ2n) is 4.40. The number of hydrogen-bond acceptors (Lipinski definition) is 3. The predicted molar refractivity (Wildman–Crippen MR) is 71.5 cm³/mol. The van der Waals surface area contributed by atoms with Gasteiger partial charge in [-0.3, -0.25) is 10.1 Å². The van der Waals surface area contributed by atoms with E-state index < -0.39 is 16.6 Å². The van der Waals surface area contributed by atoms with Gasteiger partial charge in [0.1, 0.15) is 11.6 Å². The lowest BCUT2D eigenvalue weighted by atomic mass is 10.1. The van der Waals surface area contributed by atoms with Crippen molar-refractivity contribution in [3.05, 3.63) is 69.3 Å². The molecule has 0 unspecified atom stereocenters. The van der Waals surface area contributed by atoms with Crippen molar-refractivity contribution in [3.63, 3.8) is 0 Å². The van der Waals surface area contributed by atoms with Gasteiger partial charge >= 0.3 is 0 Å². The van der Waals surface area contributed by atoms with E-state index >= 15 is 0 Å². The summed E-state index contributed by atoms with van der Waals surface area (Å²) in [6.45, 7) is 1.85. The molecule has 0 aliphatic carbocycles. The maximum absolute atomic E-state index is 13.5. The first-order valence-electron chi connectivity index (χ1n) is 5.89. The maximum Gasteiger partial charge on any atom is 0.271 e. The Balaban J connectivity index is 2.16. The largest absolute Gasteiger partial charge is 0.381 e. The fourth-order valence-electron chi connectivity index (χ4n) is 1.83. The van der Waals surface area contributed by atoms with Crippen molar-refractivity contribution in [3.8, 4) is 0 Å². The molecule has 0 bridgehead atoms. The molecule has 0 spiro atoms. The van der Waals surface area contributed by atoms with E-state index in [0.29, 0.717) is 5.69 Å². The number of aryl methyl sites for hydroxylation is 1. The highest BCUT2D eigenvalue weighted by Crippen LogP contribution is 2.21. The molecule has 0 aliphatic rings. The van der Waals surface area contributed by atoms with Gasteiger partial charge in [-0.05, 0) is 24.6 Å². The molecule has 2 aromatic carbocycles. The zero-order chi connectivity index (χ0) is 14.7. The van der Waals surface area contributed by atoms with Gasteiger partial charge in [0.25, 0.3) is 5.69 Å². The molecule has 0 saturated heterocycles. The van der Waals surface area contributed by atoms with E-state index in [4.69, 9.17) is 0 Å². The molecule has 0 aliphatic heterocycles. The molecular weight excluding hydrogens is 266 g/mol. The summed E-state index contributed by atoms with van der Waals surface area (Å²) in [6.07, 6.45) is 0. The third kappa shape index (κ3) is 3.28. The first kappa shape index (κ1) is 13.9. The number of benzene rings is 2. The number of anilines is 1. The van der Waals surface area contributed by atoms with Crippen molar-refractivity contribution in [2.24, 2.45) is 0 Å². The van der Waals surface area contributed by atoms with Gasteiger partial charge in [0, 0.05) is 36.0 Å². The van der Waals surface area contributed by atoms with Crippen molar-refractivity contribution in [2.45, 2.75) is 13.5 Å². The minimum atomic E-state index is -0.653. The minimum Gasteiger partial charge on any atom is -0.381 e. The fraction of sp³-hybridized carbons (Fsp3) is 0.143. The molecule has 0 saturated carbocycles. The molecule has 104 valence electrons. The molecule has 2 rings (SSSR count). The summed E-state index contributed by atoms with van der Waals surface area (Å²) in [7, 11) is 0. The van der Waals surface area contributed by atoms with Crippen molar-refractivity contribution in [1.82, 2.24) is 0 Å². The number of nitro groups is 1. The normalized spacial score (nSPS) is 10.3. The molecule has 0 aromatic heterocycles. The van der Waals surface area contributed by atoms with Crippen LogP contribution in [0, 0.1) is 28.7 Å². The monoisotopic (exact) mass is 278 g/mol. The number of nitrogens with zero attached hydrogens (tertiary/aromatic N) is 1. The molecule has 1 N–H and O–H groups in total. The Morgan fingerprint density at radius 1 is 1.20 bits per heavy atom. The molecule has 4 nitrogen and oxygen atoms in total. The average molecular weight is 278 g/mol. The Labute approximate surface area is 114 Å². The predicted octanol–water partition coefficient (Wildman–Crippen LogP) is 3.79. The SMILES string of the molecule is Cc1cc(NCc2ccc(F)cc2F)cc([N+](=O)[O-])c1. The first-order valence-corrected chi connectivity index (χ1v) is 5.89. The van der Waals surface area contributed by atoms with Crippen LogP contribution in [-0.2, 0) is 6.54 Å². The molecule has 0 fully saturated rings. The topological polar surface area (TPSA) is 55.2 Å². The van der Waals surface area contributed by atoms with Crippen LogP contribution in [0.2, 0.25) is 0 Å². The Morgan fingerprint density at radius 2 is 1.95 bits per heavy atom. The van der Waals surface area contributed by atoms with Gasteiger partial charge in [-0.15, -0.1) is 0 Å². The number of halogens is 2. The third-order valence-electron chi connectivity index (χ3n) is 2.77. The number of non-ortho nitro benzene ring substituents is 1. The highest BCUT2D eigenvalue weighted by atomic mass is 19.1. The zero-order valence-corrected chi connectivity index (χ0v) is 10.7. The van der Waals surface area contributed by atoms with E-state index in [2.05, 4.69) is 5.32 Å². The van der Waals surface area contributed by atoms with Crippen LogP contribution in [-0.4, -0.2) is 4.92 Å². The summed E-state index contributed by atoms with van der Waals surface area (Å²) >= 11 is 0. The molecule has 0 heterocycles. The van der Waals surface area contributed by atoms with Gasteiger partial charge < -0.3 is 5.32 Å². The smallest absolute Gasteiger partial charge is 0.271 e. The van der Waals surface area contributed by atoms with Crippen LogP contribution in [0.3, 0.4) is 0 Å². The molecule has 0 atom stereocenters. The summed E-state index contributed by atoms with van der Waals surface area (Å²) in [5, 5.41) is 13.6. The Kier molecular flexibility index (Phi) is 3.93. The van der Waals surface area contributed by atoms with Gasteiger partial charge in [-0.2, -0.15) is 0 Å². The van der Waals surface area contributed by atoms with E-state index in [1.807, 2.05) is 0 Å². The number of nitro benzene ring substituents is 1. The number of rotatable bonds is 4. The van der Waals surface area contributed by atoms with Crippen molar-refractivity contribution >= 4 is 11.4 Å². The van der Waals surface area contributed by atoms with Crippen LogP contribution >= 0.6 is 0 Å². The number of hydrogen-bond donors (Lipinski definition) is 1. The van der Waals surface area contributed by atoms with Crippen LogP contribution in [0.1, 0.15) is 11.1 Å². The van der Waals surface area contributed by atoms with Crippen LogP contribution in [0.15, 0.2) is 36.4 Å². The van der Waals surface area contributed by atoms with Gasteiger partial charge in [-0.1, -0.05) is 6.07 Å². The lowest BCUT2D eigenvalue weighted by molar-refractivity contribution is -0.384. The summed E-state index contributed by atoms with van der Waals surface area (Å²) in [4.78, 5) is 10.3. The molecule has 0 radical (unpaired) electrons. The van der Waals surface area contributed by atoms with Crippen molar-refractivity contribution in [1.29, 1.82) is 0 Å². The number of nitrogens with one attached hydrogen (secondary N) is 1. The lowest BCUT2D eigenvalue weighted by Gasteiger charge is -2.08. The summed E-state index contributed by atoms with van der Waals surface area (Å²) in [5.74, 6) is -1.29. The van der Waals surface area contributed by atoms with E-state index in [1.54, 1.807) is 13.0 Å². The molecule has 20 heavy (non-hydrogen) atoms. The molecule has 6 heteroatoms. The summed E-state index contributed by atoms with van der Waals surface area (Å²) < 4.78 is 26.2. The fourth-order valence-corrected chi connectivity index (χ4v) is 1.83. The highest BCUT2D eigenvalue weighted by molar-refractivity contribution is 5.54. The van der Waals surface area contributed by atoms with Gasteiger partial charge in [0.05, 0.1) is 4.92 Å². The van der Waals surface area contributed by atoms with E-state index in [0.717, 1.165) is 11.6 Å². The molecule has 0 amide bonds. The van der Waals surface area contributed by atoms with Gasteiger partial charge in [-0.25, -0.2) is 8.78 Å². The van der Waals surface area contributed by atoms with Crippen LogP contribution in [0.25, 0.3) is 0 Å². The Morgan fingerprint density at radius 3 is 2.60 bits per heavy atom. The second kappa shape index (κ2) is 5.64. The van der Waals surface area contributed by atoms with Crippen LogP contribution < -0.4 is 5.32 Å². The van der Waals surface area contributed by atoms with E-state index in [-0.39, 0.29) is 17.8 Å². The first-order chi connectivity index (χ1) is 9.45. The van der Waals surface area contributed by atoms with Crippen LogP contribution in [0.4, 0.5) is 20.2 Å². The third-order valence-corrected chi connectivity index (χ3v) is 2.77. The zero-order valence-electron chi connectivity index (χ0n) is 10.7. The quantitative estimate of drug-likeness (QED) is 0.683. The highest BCUT2D eigenvalue weighted by Gasteiger charge is 2.09. The van der Waals surface area contributed by atoms with Crippen molar-refractivity contribution < 1.29 is 13.7 Å². The second-order valence-corrected chi connectivity index (χ2v) is 4.40. The minimum absolute atomic E-state index is 0.0351. The Bertz CT molecular complexity index is 660. The van der Waals surface area contributed by atoms with Gasteiger partial charge in [0.2, 0.25) is 0 Å². The summed E-state index contributed by atoms with van der Waals surface area (Å²) in [6, 6.07) is 7.84. The van der Waals surface area contributed by atoms with E-state index in [1.165, 1.54) is 24.3 Å². The standard InChI is InChI=1S/C14H12F2N2O2/c1-9-4-12(7-13(5-9)18(19)20)17-8-10-2-3-11(15)6-14(10)16/h2-7,17H,8H2,1H3. The molecular formula is C14H12F2N2O2. The average Bonchev–Trinajstić information content (AvgIpc) is 2.37. The van der Waals surface area contributed by atoms with Crippen LogP contribution in [0.5, 0.6) is 0 Å². The maximum atomic E-state index is 13.5. The molecule has 2 aromatic rings.